The van der Waals surface area contributed by atoms with E-state index in [1.165, 1.54) is 6.39 Å². The lowest BCUT2D eigenvalue weighted by Gasteiger charge is -2.23. The average molecular weight is 599 g/mol. The molecule has 1 aliphatic heterocycles. The summed E-state index contributed by atoms with van der Waals surface area (Å²) in [5.74, 6) is -0.0976. The van der Waals surface area contributed by atoms with E-state index < -0.39 is 5.54 Å². The molecular formula is C33H38N6O5. The molecule has 2 aromatic carbocycles. The Morgan fingerprint density at radius 1 is 1.16 bits per heavy atom. The van der Waals surface area contributed by atoms with Crippen LogP contribution in [0.15, 0.2) is 65.7 Å². The fourth-order valence-electron chi connectivity index (χ4n) is 5.95. The lowest BCUT2D eigenvalue weighted by Crippen LogP contribution is -2.42. The van der Waals surface area contributed by atoms with Crippen molar-refractivity contribution in [3.8, 4) is 0 Å². The Balaban J connectivity index is 1.23. The van der Waals surface area contributed by atoms with E-state index in [1.807, 2.05) is 31.2 Å². The van der Waals surface area contributed by atoms with Crippen LogP contribution in [-0.2, 0) is 26.4 Å². The van der Waals surface area contributed by atoms with Gasteiger partial charge in [0.05, 0.1) is 24.3 Å². The molecule has 0 spiro atoms. The molecule has 1 saturated carbocycles. The standard InChI is InChI=1S/C33H38N6O5/c1-20-12-21(30(18-42-4)44-17-23-16-43-19-35-23)7-8-24(20)31(40)36-33(9-10-33)26-13-22(14-28-25(26)6-5-11-34-28)27-15-29(38-37-27)32(41)39(2)3/h5-8,11-14,16,19,27,29-30,37-38H,9-10,15,17-18H2,1-4H3,(H,36,40)/t27?,29?,30-/m1/s1. The Morgan fingerprint density at radius 2 is 2.00 bits per heavy atom. The van der Waals surface area contributed by atoms with Crippen LogP contribution in [0.2, 0.25) is 0 Å². The Hall–Kier alpha value is -4.16. The lowest BCUT2D eigenvalue weighted by atomic mass is 9.92. The quantitative estimate of drug-likeness (QED) is 0.236. The maximum Gasteiger partial charge on any atom is 0.252 e. The fourth-order valence-corrected chi connectivity index (χ4v) is 5.95. The predicted octanol–water partition coefficient (Wildman–Crippen LogP) is 3.85. The van der Waals surface area contributed by atoms with Gasteiger partial charge in [-0.2, -0.15) is 0 Å². The largest absolute Gasteiger partial charge is 0.451 e. The molecule has 2 aliphatic rings. The van der Waals surface area contributed by atoms with E-state index >= 15 is 0 Å². The molecule has 2 amide bonds. The maximum atomic E-state index is 13.8. The number of oxazole rings is 1. The van der Waals surface area contributed by atoms with Gasteiger partial charge in [-0.15, -0.1) is 0 Å². The van der Waals surface area contributed by atoms with Crippen molar-refractivity contribution in [3.63, 3.8) is 0 Å². The van der Waals surface area contributed by atoms with Crippen LogP contribution in [0.5, 0.6) is 0 Å². The van der Waals surface area contributed by atoms with Gasteiger partial charge in [0.25, 0.3) is 5.91 Å². The van der Waals surface area contributed by atoms with Crippen LogP contribution in [0, 0.1) is 6.92 Å². The van der Waals surface area contributed by atoms with Crippen molar-refractivity contribution in [2.45, 2.75) is 56.5 Å². The number of carbonyl (C=O) groups excluding carboxylic acids is 2. The molecule has 6 rings (SSSR count). The number of amides is 2. The first-order valence-corrected chi connectivity index (χ1v) is 14.8. The van der Waals surface area contributed by atoms with Crippen molar-refractivity contribution in [1.82, 2.24) is 31.0 Å². The van der Waals surface area contributed by atoms with E-state index in [9.17, 15) is 9.59 Å². The van der Waals surface area contributed by atoms with Crippen LogP contribution in [0.25, 0.3) is 10.9 Å². The molecule has 1 saturated heterocycles. The highest BCUT2D eigenvalue weighted by atomic mass is 16.5. The van der Waals surface area contributed by atoms with Crippen molar-refractivity contribution in [2.24, 2.45) is 0 Å². The van der Waals surface area contributed by atoms with E-state index in [0.29, 0.717) is 24.3 Å². The van der Waals surface area contributed by atoms with E-state index in [2.05, 4.69) is 44.3 Å². The second kappa shape index (κ2) is 12.4. The molecule has 3 heterocycles. The lowest BCUT2D eigenvalue weighted by molar-refractivity contribution is -0.130. The SMILES string of the molecule is COC[C@@H](OCc1cocn1)c1ccc(C(=O)NC2(c3cc(C4CC(C(=O)N(C)C)NN4)cc4ncccc34)CC2)c(C)c1. The van der Waals surface area contributed by atoms with E-state index in [4.69, 9.17) is 13.9 Å². The summed E-state index contributed by atoms with van der Waals surface area (Å²) in [7, 11) is 5.15. The molecule has 0 bridgehead atoms. The van der Waals surface area contributed by atoms with Gasteiger partial charge in [-0.25, -0.2) is 15.8 Å². The van der Waals surface area contributed by atoms with Crippen molar-refractivity contribution < 1.29 is 23.5 Å². The number of ether oxygens (including phenoxy) is 2. The predicted molar refractivity (Wildman–Crippen MR) is 163 cm³/mol. The molecule has 1 aliphatic carbocycles. The number of aromatic nitrogens is 2. The second-order valence-electron chi connectivity index (χ2n) is 11.8. The summed E-state index contributed by atoms with van der Waals surface area (Å²) >= 11 is 0. The zero-order chi connectivity index (χ0) is 30.8. The van der Waals surface area contributed by atoms with Gasteiger partial charge in [-0.1, -0.05) is 24.3 Å². The van der Waals surface area contributed by atoms with Crippen molar-refractivity contribution >= 4 is 22.7 Å². The minimum atomic E-state index is -0.496. The summed E-state index contributed by atoms with van der Waals surface area (Å²) in [6, 6.07) is 13.6. The molecule has 3 N–H and O–H groups in total. The van der Waals surface area contributed by atoms with Crippen molar-refractivity contribution in [1.29, 1.82) is 0 Å². The first-order chi connectivity index (χ1) is 21.3. The van der Waals surface area contributed by atoms with Gasteiger partial charge in [0.15, 0.2) is 6.39 Å². The Morgan fingerprint density at radius 3 is 2.70 bits per heavy atom. The number of carbonyl (C=O) groups is 2. The number of rotatable bonds is 11. The minimum Gasteiger partial charge on any atom is -0.451 e. The molecule has 11 nitrogen and oxygen atoms in total. The Bertz CT molecular complexity index is 1650. The van der Waals surface area contributed by atoms with Gasteiger partial charge in [0.2, 0.25) is 5.91 Å². The number of hydrogen-bond acceptors (Lipinski definition) is 9. The summed E-state index contributed by atoms with van der Waals surface area (Å²) < 4.78 is 16.5. The molecule has 4 aromatic rings. The third-order valence-corrected chi connectivity index (χ3v) is 8.51. The summed E-state index contributed by atoms with van der Waals surface area (Å²) in [5.41, 5.74) is 12.0. The molecule has 0 radical (unpaired) electrons. The molecule has 44 heavy (non-hydrogen) atoms. The number of hydrazine groups is 1. The second-order valence-corrected chi connectivity index (χ2v) is 11.8. The minimum absolute atomic E-state index is 0.0292. The third kappa shape index (κ3) is 6.09. The highest BCUT2D eigenvalue weighted by molar-refractivity contribution is 5.97. The number of methoxy groups -OCH3 is 1. The molecule has 2 aromatic heterocycles. The van der Waals surface area contributed by atoms with Gasteiger partial charge in [0.1, 0.15) is 24.1 Å². The molecule has 2 fully saturated rings. The summed E-state index contributed by atoms with van der Waals surface area (Å²) in [6.45, 7) is 2.58. The van der Waals surface area contributed by atoms with Gasteiger partial charge >= 0.3 is 0 Å². The molecule has 2 unspecified atom stereocenters. The topological polar surface area (TPSA) is 131 Å². The van der Waals surface area contributed by atoms with Crippen LogP contribution >= 0.6 is 0 Å². The molecule has 11 heteroatoms. The number of nitrogens with one attached hydrogen (secondary N) is 3. The monoisotopic (exact) mass is 598 g/mol. The molecule has 3 atom stereocenters. The van der Waals surface area contributed by atoms with Crippen LogP contribution in [0.3, 0.4) is 0 Å². The van der Waals surface area contributed by atoms with Crippen LogP contribution < -0.4 is 16.2 Å². The average Bonchev–Trinajstić information content (AvgIpc) is 3.38. The Labute approximate surface area is 256 Å². The first-order valence-electron chi connectivity index (χ1n) is 14.8. The summed E-state index contributed by atoms with van der Waals surface area (Å²) in [6.07, 6.45) is 6.65. The zero-order valence-electron chi connectivity index (χ0n) is 25.4. The zero-order valence-corrected chi connectivity index (χ0v) is 25.4. The van der Waals surface area contributed by atoms with Crippen molar-refractivity contribution in [3.05, 3.63) is 94.8 Å². The fraction of sp³-hybridized carbons (Fsp3) is 0.394. The van der Waals surface area contributed by atoms with Crippen LogP contribution in [-0.4, -0.2) is 60.5 Å². The highest BCUT2D eigenvalue weighted by Gasteiger charge is 2.47. The summed E-state index contributed by atoms with van der Waals surface area (Å²) in [5, 5.41) is 4.39. The Kier molecular flexibility index (Phi) is 8.46. The summed E-state index contributed by atoms with van der Waals surface area (Å²) in [4.78, 5) is 36.7. The molecular weight excluding hydrogens is 560 g/mol. The number of likely N-dealkylation sites (N-methyl/N-ethyl adjacent to an activating group) is 1. The van der Waals surface area contributed by atoms with Gasteiger partial charge in [0, 0.05) is 44.4 Å². The number of aryl methyl sites for hydroxylation is 1. The number of pyridine rings is 1. The van der Waals surface area contributed by atoms with Crippen LogP contribution in [0.4, 0.5) is 0 Å². The van der Waals surface area contributed by atoms with Gasteiger partial charge in [-0.05, 0) is 66.6 Å². The van der Waals surface area contributed by atoms with E-state index in [1.54, 1.807) is 38.6 Å². The third-order valence-electron chi connectivity index (χ3n) is 8.51. The number of fused-ring (bicyclic) bond motifs is 1. The smallest absolute Gasteiger partial charge is 0.252 e. The van der Waals surface area contributed by atoms with E-state index in [-0.39, 0.29) is 36.6 Å². The van der Waals surface area contributed by atoms with Gasteiger partial charge in [-0.3, -0.25) is 14.6 Å². The first kappa shape index (κ1) is 29.9. The maximum absolute atomic E-state index is 13.8. The molecule has 230 valence electrons. The highest BCUT2D eigenvalue weighted by Crippen LogP contribution is 2.49. The van der Waals surface area contributed by atoms with Crippen molar-refractivity contribution in [2.75, 3.05) is 27.8 Å². The number of benzene rings is 2. The number of hydrogen-bond donors (Lipinski definition) is 3. The van der Waals surface area contributed by atoms with Crippen LogP contribution in [0.1, 0.15) is 69.7 Å². The normalized spacial score (nSPS) is 19.5. The number of nitrogens with zero attached hydrogens (tertiary/aromatic N) is 3. The van der Waals surface area contributed by atoms with Gasteiger partial charge < -0.3 is 24.1 Å². The van der Waals surface area contributed by atoms with E-state index in [0.717, 1.165) is 46.0 Å².